The molecule has 0 bridgehead atoms. The van der Waals surface area contributed by atoms with Gasteiger partial charge in [0.2, 0.25) is 0 Å². The lowest BCUT2D eigenvalue weighted by Crippen LogP contribution is -2.22. The summed E-state index contributed by atoms with van der Waals surface area (Å²) in [7, 11) is 0. The standard InChI is InChI=1S/C18H22N2O3/c1-13-17(4-3-5-18(13)20(22)23)14(2)19-11-10-15-6-8-16(12-21)9-7-15/h3-9,14,19,21H,10-12H2,1-2H3. The Bertz CT molecular complexity index is 668. The first-order chi connectivity index (χ1) is 11.0. The highest BCUT2D eigenvalue weighted by molar-refractivity contribution is 5.45. The van der Waals surface area contributed by atoms with Crippen molar-refractivity contribution in [1.29, 1.82) is 0 Å². The molecule has 5 heteroatoms. The van der Waals surface area contributed by atoms with Crippen LogP contribution in [-0.4, -0.2) is 16.6 Å². The smallest absolute Gasteiger partial charge is 0.272 e. The van der Waals surface area contributed by atoms with E-state index < -0.39 is 0 Å². The van der Waals surface area contributed by atoms with Crippen LogP contribution in [0.5, 0.6) is 0 Å². The number of benzene rings is 2. The Morgan fingerprint density at radius 3 is 2.43 bits per heavy atom. The molecule has 1 atom stereocenters. The topological polar surface area (TPSA) is 75.4 Å². The van der Waals surface area contributed by atoms with Gasteiger partial charge in [0.05, 0.1) is 11.5 Å². The number of nitro groups is 1. The number of aliphatic hydroxyl groups is 1. The van der Waals surface area contributed by atoms with E-state index in [1.165, 1.54) is 11.6 Å². The zero-order valence-electron chi connectivity index (χ0n) is 13.5. The third-order valence-corrected chi connectivity index (χ3v) is 4.08. The largest absolute Gasteiger partial charge is 0.392 e. The minimum atomic E-state index is -0.339. The van der Waals surface area contributed by atoms with E-state index in [9.17, 15) is 10.1 Å². The summed E-state index contributed by atoms with van der Waals surface area (Å²) >= 11 is 0. The van der Waals surface area contributed by atoms with Crippen LogP contribution in [0.4, 0.5) is 5.69 Å². The zero-order chi connectivity index (χ0) is 16.8. The van der Waals surface area contributed by atoms with Gasteiger partial charge in [-0.3, -0.25) is 10.1 Å². The predicted octanol–water partition coefficient (Wildman–Crippen LogP) is 3.29. The first kappa shape index (κ1) is 17.1. The van der Waals surface area contributed by atoms with E-state index in [0.29, 0.717) is 5.56 Å². The minimum Gasteiger partial charge on any atom is -0.392 e. The molecule has 2 aromatic carbocycles. The third-order valence-electron chi connectivity index (χ3n) is 4.08. The van der Waals surface area contributed by atoms with Crippen LogP contribution >= 0.6 is 0 Å². The van der Waals surface area contributed by atoms with E-state index in [-0.39, 0.29) is 23.3 Å². The lowest BCUT2D eigenvalue weighted by Gasteiger charge is -2.16. The number of hydrogen-bond acceptors (Lipinski definition) is 4. The summed E-state index contributed by atoms with van der Waals surface area (Å²) in [5.41, 5.74) is 3.93. The Kier molecular flexibility index (Phi) is 5.84. The van der Waals surface area contributed by atoms with Crippen molar-refractivity contribution in [1.82, 2.24) is 5.32 Å². The summed E-state index contributed by atoms with van der Waals surface area (Å²) in [6, 6.07) is 13.1. The van der Waals surface area contributed by atoms with E-state index >= 15 is 0 Å². The molecule has 0 aliphatic heterocycles. The molecule has 0 aliphatic rings. The molecule has 0 fully saturated rings. The molecular weight excluding hydrogens is 292 g/mol. The van der Waals surface area contributed by atoms with Gasteiger partial charge < -0.3 is 10.4 Å². The van der Waals surface area contributed by atoms with Gasteiger partial charge in [-0.25, -0.2) is 0 Å². The van der Waals surface area contributed by atoms with Crippen LogP contribution in [0.2, 0.25) is 0 Å². The molecule has 2 aromatic rings. The van der Waals surface area contributed by atoms with Gasteiger partial charge in [0.15, 0.2) is 0 Å². The average Bonchev–Trinajstić information content (AvgIpc) is 2.55. The highest BCUT2D eigenvalue weighted by Crippen LogP contribution is 2.25. The van der Waals surface area contributed by atoms with Gasteiger partial charge in [-0.15, -0.1) is 0 Å². The summed E-state index contributed by atoms with van der Waals surface area (Å²) in [4.78, 5) is 10.7. The summed E-state index contributed by atoms with van der Waals surface area (Å²) < 4.78 is 0. The molecule has 122 valence electrons. The molecule has 23 heavy (non-hydrogen) atoms. The molecule has 5 nitrogen and oxygen atoms in total. The Labute approximate surface area is 136 Å². The fourth-order valence-electron chi connectivity index (χ4n) is 2.66. The van der Waals surface area contributed by atoms with Gasteiger partial charge in [-0.1, -0.05) is 36.4 Å². The summed E-state index contributed by atoms with van der Waals surface area (Å²) in [6.07, 6.45) is 0.865. The van der Waals surface area contributed by atoms with Gasteiger partial charge in [-0.2, -0.15) is 0 Å². The van der Waals surface area contributed by atoms with Crippen molar-refractivity contribution in [3.8, 4) is 0 Å². The molecule has 0 amide bonds. The van der Waals surface area contributed by atoms with Crippen LogP contribution in [0.3, 0.4) is 0 Å². The van der Waals surface area contributed by atoms with Crippen molar-refractivity contribution in [2.24, 2.45) is 0 Å². The van der Waals surface area contributed by atoms with Crippen molar-refractivity contribution in [2.45, 2.75) is 32.9 Å². The van der Waals surface area contributed by atoms with Crippen molar-refractivity contribution < 1.29 is 10.0 Å². The predicted molar refractivity (Wildman–Crippen MR) is 90.3 cm³/mol. The van der Waals surface area contributed by atoms with Crippen LogP contribution in [0.25, 0.3) is 0 Å². The number of hydrogen-bond donors (Lipinski definition) is 2. The lowest BCUT2D eigenvalue weighted by atomic mass is 10.0. The Balaban J connectivity index is 1.95. The molecular formula is C18H22N2O3. The van der Waals surface area contributed by atoms with E-state index in [4.69, 9.17) is 5.11 Å². The fourth-order valence-corrected chi connectivity index (χ4v) is 2.66. The summed E-state index contributed by atoms with van der Waals surface area (Å²) in [6.45, 7) is 4.64. The maximum atomic E-state index is 11.0. The molecule has 0 heterocycles. The molecule has 0 aliphatic carbocycles. The lowest BCUT2D eigenvalue weighted by molar-refractivity contribution is -0.385. The van der Waals surface area contributed by atoms with E-state index in [1.807, 2.05) is 37.3 Å². The number of nitrogens with zero attached hydrogens (tertiary/aromatic N) is 1. The second-order valence-corrected chi connectivity index (χ2v) is 5.65. The molecule has 0 spiro atoms. The molecule has 0 aromatic heterocycles. The van der Waals surface area contributed by atoms with Gasteiger partial charge in [0, 0.05) is 17.7 Å². The second kappa shape index (κ2) is 7.85. The van der Waals surface area contributed by atoms with Crippen LogP contribution in [0.1, 0.15) is 35.2 Å². The van der Waals surface area contributed by atoms with Gasteiger partial charge >= 0.3 is 0 Å². The van der Waals surface area contributed by atoms with Crippen molar-refractivity contribution in [2.75, 3.05) is 6.54 Å². The molecule has 1 unspecified atom stereocenters. The highest BCUT2D eigenvalue weighted by Gasteiger charge is 2.16. The number of nitro benzene ring substituents is 1. The van der Waals surface area contributed by atoms with Gasteiger partial charge in [0.1, 0.15) is 0 Å². The van der Waals surface area contributed by atoms with Crippen molar-refractivity contribution in [3.63, 3.8) is 0 Å². The minimum absolute atomic E-state index is 0.0478. The number of nitrogens with one attached hydrogen (secondary N) is 1. The summed E-state index contributed by atoms with van der Waals surface area (Å²) in [5, 5.41) is 23.5. The first-order valence-corrected chi connectivity index (χ1v) is 7.69. The Morgan fingerprint density at radius 2 is 1.83 bits per heavy atom. The average molecular weight is 314 g/mol. The van der Waals surface area contributed by atoms with Crippen LogP contribution in [0.15, 0.2) is 42.5 Å². The molecule has 2 N–H and O–H groups in total. The normalized spacial score (nSPS) is 12.1. The van der Waals surface area contributed by atoms with E-state index in [1.54, 1.807) is 13.0 Å². The van der Waals surface area contributed by atoms with E-state index in [0.717, 1.165) is 24.1 Å². The van der Waals surface area contributed by atoms with Crippen LogP contribution in [0, 0.1) is 17.0 Å². The number of aliphatic hydroxyl groups excluding tert-OH is 1. The maximum Gasteiger partial charge on any atom is 0.272 e. The highest BCUT2D eigenvalue weighted by atomic mass is 16.6. The molecule has 0 saturated carbocycles. The zero-order valence-corrected chi connectivity index (χ0v) is 13.5. The fraction of sp³-hybridized carbons (Fsp3) is 0.333. The van der Waals surface area contributed by atoms with Crippen LogP contribution < -0.4 is 5.32 Å². The van der Waals surface area contributed by atoms with Crippen LogP contribution in [-0.2, 0) is 13.0 Å². The molecule has 2 rings (SSSR count). The van der Waals surface area contributed by atoms with Crippen molar-refractivity contribution in [3.05, 3.63) is 74.8 Å². The molecule has 0 saturated heterocycles. The Morgan fingerprint density at radius 1 is 1.17 bits per heavy atom. The third kappa shape index (κ3) is 4.37. The van der Waals surface area contributed by atoms with Gasteiger partial charge in [0.25, 0.3) is 5.69 Å². The van der Waals surface area contributed by atoms with Gasteiger partial charge in [-0.05, 0) is 43.5 Å². The number of rotatable bonds is 7. The second-order valence-electron chi connectivity index (χ2n) is 5.65. The van der Waals surface area contributed by atoms with Crippen molar-refractivity contribution >= 4 is 5.69 Å². The monoisotopic (exact) mass is 314 g/mol. The maximum absolute atomic E-state index is 11.0. The molecule has 0 radical (unpaired) electrons. The quantitative estimate of drug-likeness (QED) is 0.607. The first-order valence-electron chi connectivity index (χ1n) is 7.69. The van der Waals surface area contributed by atoms with E-state index in [2.05, 4.69) is 5.32 Å². The Hall–Kier alpha value is -2.24. The SMILES string of the molecule is Cc1c(C(C)NCCc2ccc(CO)cc2)cccc1[N+](=O)[O-]. The summed E-state index contributed by atoms with van der Waals surface area (Å²) in [5.74, 6) is 0.